The zero-order chi connectivity index (χ0) is 13.0. The number of hydrogen-bond donors (Lipinski definition) is 2. The van der Waals surface area contributed by atoms with Crippen LogP contribution in [0.4, 0.5) is 10.7 Å². The van der Waals surface area contributed by atoms with Crippen molar-refractivity contribution in [1.82, 2.24) is 0 Å². The standard InChI is InChI=1S/C14H16N2OS/c1-10(17)14-12(15)9-13(18-14)16-8-7-11-5-3-2-4-6-11/h2-6,9,16H,7-8,15H2,1H3. The van der Waals surface area contributed by atoms with Crippen LogP contribution >= 0.6 is 11.3 Å². The average molecular weight is 260 g/mol. The molecule has 0 fully saturated rings. The van der Waals surface area contributed by atoms with Crippen molar-refractivity contribution in [2.45, 2.75) is 13.3 Å². The Labute approximate surface area is 111 Å². The molecular weight excluding hydrogens is 244 g/mol. The maximum absolute atomic E-state index is 11.3. The first kappa shape index (κ1) is 12.6. The van der Waals surface area contributed by atoms with E-state index >= 15 is 0 Å². The molecule has 94 valence electrons. The largest absolute Gasteiger partial charge is 0.397 e. The molecule has 0 radical (unpaired) electrons. The van der Waals surface area contributed by atoms with Gasteiger partial charge >= 0.3 is 0 Å². The molecule has 1 aromatic heterocycles. The Morgan fingerprint density at radius 2 is 2.06 bits per heavy atom. The Bertz CT molecular complexity index is 534. The van der Waals surface area contributed by atoms with Crippen LogP contribution in [0.3, 0.4) is 0 Å². The monoisotopic (exact) mass is 260 g/mol. The highest BCUT2D eigenvalue weighted by molar-refractivity contribution is 7.18. The molecule has 1 aromatic carbocycles. The Hall–Kier alpha value is -1.81. The minimum absolute atomic E-state index is 0.0219. The topological polar surface area (TPSA) is 55.1 Å². The van der Waals surface area contributed by atoms with E-state index in [1.807, 2.05) is 24.3 Å². The molecule has 1 heterocycles. The smallest absolute Gasteiger partial charge is 0.171 e. The highest BCUT2D eigenvalue weighted by atomic mass is 32.1. The van der Waals surface area contributed by atoms with E-state index in [9.17, 15) is 4.79 Å². The molecule has 2 aromatic rings. The fourth-order valence-electron chi connectivity index (χ4n) is 1.74. The van der Waals surface area contributed by atoms with Gasteiger partial charge in [-0.15, -0.1) is 11.3 Å². The van der Waals surface area contributed by atoms with Gasteiger partial charge in [0.15, 0.2) is 5.78 Å². The fraction of sp³-hybridized carbons (Fsp3) is 0.214. The van der Waals surface area contributed by atoms with Crippen LogP contribution in [0.25, 0.3) is 0 Å². The van der Waals surface area contributed by atoms with Gasteiger partial charge in [0.25, 0.3) is 0 Å². The summed E-state index contributed by atoms with van der Waals surface area (Å²) in [6.45, 7) is 2.37. The van der Waals surface area contributed by atoms with E-state index in [1.54, 1.807) is 0 Å². The summed E-state index contributed by atoms with van der Waals surface area (Å²) in [6.07, 6.45) is 0.952. The highest BCUT2D eigenvalue weighted by Gasteiger charge is 2.09. The number of nitrogen functional groups attached to an aromatic ring is 1. The number of ketones is 1. The highest BCUT2D eigenvalue weighted by Crippen LogP contribution is 2.29. The molecular formula is C14H16N2OS. The SMILES string of the molecule is CC(=O)c1sc(NCCc2ccccc2)cc1N. The molecule has 0 saturated carbocycles. The number of Topliss-reactive ketones (excluding diaryl/α,β-unsaturated/α-hetero) is 1. The number of anilines is 2. The van der Waals surface area contributed by atoms with Crippen LogP contribution in [-0.4, -0.2) is 12.3 Å². The van der Waals surface area contributed by atoms with Crippen molar-refractivity contribution in [3.8, 4) is 0 Å². The van der Waals surface area contributed by atoms with E-state index in [2.05, 4.69) is 17.4 Å². The normalized spacial score (nSPS) is 10.3. The van der Waals surface area contributed by atoms with Crippen molar-refractivity contribution in [3.63, 3.8) is 0 Å². The minimum atomic E-state index is 0.0219. The molecule has 0 aliphatic heterocycles. The van der Waals surface area contributed by atoms with Gasteiger partial charge in [0.2, 0.25) is 0 Å². The van der Waals surface area contributed by atoms with Gasteiger partial charge in [-0.1, -0.05) is 30.3 Å². The van der Waals surface area contributed by atoms with Gasteiger partial charge in [0, 0.05) is 13.5 Å². The molecule has 4 heteroatoms. The van der Waals surface area contributed by atoms with Crippen molar-refractivity contribution >= 4 is 27.8 Å². The van der Waals surface area contributed by atoms with Crippen molar-refractivity contribution < 1.29 is 4.79 Å². The lowest BCUT2D eigenvalue weighted by Crippen LogP contribution is -2.03. The summed E-state index contributed by atoms with van der Waals surface area (Å²) in [7, 11) is 0. The van der Waals surface area contributed by atoms with Crippen LogP contribution in [0.1, 0.15) is 22.2 Å². The Balaban J connectivity index is 1.91. The predicted molar refractivity (Wildman–Crippen MR) is 77.4 cm³/mol. The third-order valence-electron chi connectivity index (χ3n) is 2.64. The molecule has 0 amide bonds. The van der Waals surface area contributed by atoms with E-state index in [-0.39, 0.29) is 5.78 Å². The number of hydrogen-bond acceptors (Lipinski definition) is 4. The van der Waals surface area contributed by atoms with Crippen LogP contribution in [0, 0.1) is 0 Å². The number of thiophene rings is 1. The van der Waals surface area contributed by atoms with E-state index in [1.165, 1.54) is 23.8 Å². The average Bonchev–Trinajstić information content (AvgIpc) is 2.72. The molecule has 3 N–H and O–H groups in total. The fourth-order valence-corrected chi connectivity index (χ4v) is 2.64. The molecule has 2 rings (SSSR count). The van der Waals surface area contributed by atoms with E-state index in [0.717, 1.165) is 18.0 Å². The second-order valence-electron chi connectivity index (χ2n) is 4.11. The molecule has 3 nitrogen and oxygen atoms in total. The van der Waals surface area contributed by atoms with Gasteiger partial charge in [0.1, 0.15) is 0 Å². The van der Waals surface area contributed by atoms with E-state index in [4.69, 9.17) is 5.73 Å². The van der Waals surface area contributed by atoms with Gasteiger partial charge in [0.05, 0.1) is 15.6 Å². The van der Waals surface area contributed by atoms with Crippen LogP contribution in [-0.2, 0) is 6.42 Å². The number of nitrogens with two attached hydrogens (primary N) is 1. The minimum Gasteiger partial charge on any atom is -0.397 e. The number of rotatable bonds is 5. The van der Waals surface area contributed by atoms with Crippen LogP contribution in [0.5, 0.6) is 0 Å². The predicted octanol–water partition coefficient (Wildman–Crippen LogP) is 3.19. The van der Waals surface area contributed by atoms with Gasteiger partial charge in [-0.2, -0.15) is 0 Å². The lowest BCUT2D eigenvalue weighted by atomic mass is 10.1. The summed E-state index contributed by atoms with van der Waals surface area (Å²) in [4.78, 5) is 11.9. The van der Waals surface area contributed by atoms with Gasteiger partial charge in [-0.05, 0) is 18.1 Å². The van der Waals surface area contributed by atoms with Crippen molar-refractivity contribution in [1.29, 1.82) is 0 Å². The van der Waals surface area contributed by atoms with Crippen LogP contribution in [0.2, 0.25) is 0 Å². The molecule has 0 saturated heterocycles. The first-order valence-electron chi connectivity index (χ1n) is 5.85. The summed E-state index contributed by atoms with van der Waals surface area (Å²) in [5, 5.41) is 4.25. The molecule has 0 aliphatic carbocycles. The maximum Gasteiger partial charge on any atom is 0.171 e. The first-order chi connectivity index (χ1) is 8.66. The summed E-state index contributed by atoms with van der Waals surface area (Å²) in [6, 6.07) is 12.1. The van der Waals surface area contributed by atoms with Crippen LogP contribution < -0.4 is 11.1 Å². The van der Waals surface area contributed by atoms with E-state index in [0.29, 0.717) is 10.6 Å². The second-order valence-corrected chi connectivity index (χ2v) is 5.17. The van der Waals surface area contributed by atoms with Crippen molar-refractivity contribution in [2.24, 2.45) is 0 Å². The molecule has 0 unspecified atom stereocenters. The second kappa shape index (κ2) is 5.69. The number of carbonyl (C=O) groups excluding carboxylic acids is 1. The molecule has 0 bridgehead atoms. The van der Waals surface area contributed by atoms with Crippen LogP contribution in [0.15, 0.2) is 36.4 Å². The Kier molecular flexibility index (Phi) is 3.99. The molecule has 0 aliphatic rings. The summed E-state index contributed by atoms with van der Waals surface area (Å²) < 4.78 is 0. The van der Waals surface area contributed by atoms with Crippen molar-refractivity contribution in [2.75, 3.05) is 17.6 Å². The lowest BCUT2D eigenvalue weighted by Gasteiger charge is -2.03. The third kappa shape index (κ3) is 3.11. The summed E-state index contributed by atoms with van der Waals surface area (Å²) in [5.74, 6) is 0.0219. The van der Waals surface area contributed by atoms with Gasteiger partial charge < -0.3 is 11.1 Å². The number of carbonyl (C=O) groups is 1. The Morgan fingerprint density at radius 1 is 1.33 bits per heavy atom. The van der Waals surface area contributed by atoms with Gasteiger partial charge in [-0.25, -0.2) is 0 Å². The number of benzene rings is 1. The lowest BCUT2D eigenvalue weighted by molar-refractivity contribution is 0.102. The van der Waals surface area contributed by atoms with E-state index < -0.39 is 0 Å². The molecule has 18 heavy (non-hydrogen) atoms. The first-order valence-corrected chi connectivity index (χ1v) is 6.66. The molecule has 0 spiro atoms. The third-order valence-corrected chi connectivity index (χ3v) is 3.85. The summed E-state index contributed by atoms with van der Waals surface area (Å²) >= 11 is 1.42. The van der Waals surface area contributed by atoms with Gasteiger partial charge in [-0.3, -0.25) is 4.79 Å². The molecule has 0 atom stereocenters. The quantitative estimate of drug-likeness (QED) is 0.812. The zero-order valence-corrected chi connectivity index (χ0v) is 11.1. The zero-order valence-electron chi connectivity index (χ0n) is 10.3. The maximum atomic E-state index is 11.3. The summed E-state index contributed by atoms with van der Waals surface area (Å²) in [5.41, 5.74) is 7.63. The van der Waals surface area contributed by atoms with Crippen molar-refractivity contribution in [3.05, 3.63) is 46.8 Å². The number of nitrogens with one attached hydrogen (secondary N) is 1. The Morgan fingerprint density at radius 3 is 2.67 bits per heavy atom.